The molecule has 0 saturated heterocycles. The number of benzene rings is 2. The van der Waals surface area contributed by atoms with E-state index in [9.17, 15) is 0 Å². The van der Waals surface area contributed by atoms with Crippen LogP contribution >= 0.6 is 0 Å². The van der Waals surface area contributed by atoms with Crippen molar-refractivity contribution in [1.82, 2.24) is 15.0 Å². The predicted octanol–water partition coefficient (Wildman–Crippen LogP) is 5.00. The third-order valence-corrected chi connectivity index (χ3v) is 6.04. The van der Waals surface area contributed by atoms with Gasteiger partial charge < -0.3 is 31.0 Å². The predicted molar refractivity (Wildman–Crippen MR) is 156 cm³/mol. The summed E-state index contributed by atoms with van der Waals surface area (Å²) < 4.78 is 17.5. The van der Waals surface area contributed by atoms with E-state index in [1.165, 1.54) is 25.7 Å². The zero-order valence-electron chi connectivity index (χ0n) is 23.2. The molecule has 0 aliphatic carbocycles. The van der Waals surface area contributed by atoms with E-state index in [0.717, 1.165) is 42.1 Å². The van der Waals surface area contributed by atoms with E-state index in [1.807, 2.05) is 24.3 Å². The Hall–Kier alpha value is -3.43. The number of hydrogen-bond acceptors (Lipinski definition) is 9. The second-order valence-corrected chi connectivity index (χ2v) is 9.33. The van der Waals surface area contributed by atoms with E-state index in [-0.39, 0.29) is 0 Å². The topological polar surface area (TPSA) is 130 Å². The van der Waals surface area contributed by atoms with Crippen LogP contribution in [0.25, 0.3) is 11.1 Å². The number of ether oxygens (including phenoxy) is 3. The van der Waals surface area contributed by atoms with Crippen LogP contribution < -0.4 is 31.0 Å². The van der Waals surface area contributed by atoms with E-state index in [2.05, 4.69) is 51.5 Å². The SMILES string of the molecule is CCCCCCCOc1ccc(-c2ccc(OCCCOc3nc(CCCN)nc(NCCN)n3)cc2)cc1. The Morgan fingerprint density at radius 3 is 1.87 bits per heavy atom. The first kappa shape index (κ1) is 30.1. The van der Waals surface area contributed by atoms with Gasteiger partial charge in [0, 0.05) is 25.9 Å². The molecular weight excluding hydrogens is 492 g/mol. The van der Waals surface area contributed by atoms with E-state index in [0.29, 0.717) is 63.5 Å². The molecule has 0 spiro atoms. The van der Waals surface area contributed by atoms with Crippen LogP contribution in [0.15, 0.2) is 48.5 Å². The normalized spacial score (nSPS) is 10.8. The molecule has 1 heterocycles. The Balaban J connectivity index is 1.39. The first-order valence-corrected chi connectivity index (χ1v) is 14.2. The molecular formula is C30H44N6O3. The highest BCUT2D eigenvalue weighted by atomic mass is 16.5. The Bertz CT molecular complexity index is 1040. The van der Waals surface area contributed by atoms with Gasteiger partial charge in [-0.15, -0.1) is 0 Å². The highest BCUT2D eigenvalue weighted by Crippen LogP contribution is 2.25. The summed E-state index contributed by atoms with van der Waals surface area (Å²) in [7, 11) is 0. The molecule has 1 aromatic heterocycles. The fourth-order valence-corrected chi connectivity index (χ4v) is 3.89. The second-order valence-electron chi connectivity index (χ2n) is 9.33. The standard InChI is InChI=1S/C30H44N6O3/c1-2-3-4-5-6-21-37-26-14-10-24(11-15-26)25-12-16-27(17-13-25)38-22-8-23-39-30-35-28(9-7-18-31)34-29(36-30)33-20-19-32/h10-17H,2-9,18-23,31-32H2,1H3,(H,33,34,35,36). The first-order chi connectivity index (χ1) is 19.2. The number of anilines is 1. The van der Waals surface area contributed by atoms with E-state index in [1.54, 1.807) is 0 Å². The Labute approximate surface area is 232 Å². The molecule has 0 fully saturated rings. The van der Waals surface area contributed by atoms with Crippen molar-refractivity contribution in [3.05, 3.63) is 54.4 Å². The van der Waals surface area contributed by atoms with Gasteiger partial charge in [0.25, 0.3) is 0 Å². The van der Waals surface area contributed by atoms with Crippen molar-refractivity contribution in [3.8, 4) is 28.6 Å². The van der Waals surface area contributed by atoms with Gasteiger partial charge in [0.1, 0.15) is 17.3 Å². The van der Waals surface area contributed by atoms with Crippen molar-refractivity contribution in [2.45, 2.75) is 58.3 Å². The molecule has 3 aromatic rings. The fraction of sp³-hybridized carbons (Fsp3) is 0.500. The van der Waals surface area contributed by atoms with Crippen LogP contribution in [-0.4, -0.2) is 54.4 Å². The largest absolute Gasteiger partial charge is 0.494 e. The summed E-state index contributed by atoms with van der Waals surface area (Å²) >= 11 is 0. The molecule has 9 heteroatoms. The van der Waals surface area contributed by atoms with Crippen molar-refractivity contribution in [1.29, 1.82) is 0 Å². The maximum absolute atomic E-state index is 5.89. The van der Waals surface area contributed by atoms with Crippen LogP contribution in [-0.2, 0) is 6.42 Å². The van der Waals surface area contributed by atoms with Crippen LogP contribution in [0.5, 0.6) is 17.5 Å². The van der Waals surface area contributed by atoms with Gasteiger partial charge in [-0.05, 0) is 54.8 Å². The van der Waals surface area contributed by atoms with Crippen molar-refractivity contribution >= 4 is 5.95 Å². The molecule has 0 radical (unpaired) electrons. The number of aromatic nitrogens is 3. The van der Waals surface area contributed by atoms with Gasteiger partial charge >= 0.3 is 6.01 Å². The van der Waals surface area contributed by atoms with Gasteiger partial charge in [-0.3, -0.25) is 0 Å². The molecule has 5 N–H and O–H groups in total. The molecule has 0 bridgehead atoms. The molecule has 0 saturated carbocycles. The zero-order valence-corrected chi connectivity index (χ0v) is 23.2. The first-order valence-electron chi connectivity index (χ1n) is 14.2. The highest BCUT2D eigenvalue weighted by Gasteiger charge is 2.08. The Kier molecular flexibility index (Phi) is 13.9. The second kappa shape index (κ2) is 18.0. The number of unbranched alkanes of at least 4 members (excludes halogenated alkanes) is 4. The van der Waals surface area contributed by atoms with E-state index in [4.69, 9.17) is 25.7 Å². The molecule has 0 aliphatic rings. The van der Waals surface area contributed by atoms with Crippen LogP contribution in [0, 0.1) is 0 Å². The Morgan fingerprint density at radius 1 is 0.641 bits per heavy atom. The maximum atomic E-state index is 5.89. The van der Waals surface area contributed by atoms with Crippen molar-refractivity contribution in [2.24, 2.45) is 11.5 Å². The molecule has 3 rings (SSSR count). The molecule has 212 valence electrons. The summed E-state index contributed by atoms with van der Waals surface area (Å²) in [6.07, 6.45) is 8.36. The lowest BCUT2D eigenvalue weighted by atomic mass is 10.1. The molecule has 0 unspecified atom stereocenters. The number of hydrogen-bond donors (Lipinski definition) is 3. The van der Waals surface area contributed by atoms with Crippen molar-refractivity contribution in [3.63, 3.8) is 0 Å². The lowest BCUT2D eigenvalue weighted by Crippen LogP contribution is -2.17. The van der Waals surface area contributed by atoms with Crippen LogP contribution in [0.1, 0.15) is 57.7 Å². The summed E-state index contributed by atoms with van der Waals surface area (Å²) in [6.45, 7) is 5.60. The van der Waals surface area contributed by atoms with Gasteiger partial charge in [0.2, 0.25) is 5.95 Å². The average molecular weight is 537 g/mol. The lowest BCUT2D eigenvalue weighted by molar-refractivity contribution is 0.235. The van der Waals surface area contributed by atoms with Gasteiger partial charge in [-0.1, -0.05) is 56.9 Å². The minimum atomic E-state index is 0.296. The maximum Gasteiger partial charge on any atom is 0.321 e. The minimum absolute atomic E-state index is 0.296. The molecule has 0 amide bonds. The van der Waals surface area contributed by atoms with Gasteiger partial charge in [0.05, 0.1) is 19.8 Å². The number of nitrogens with zero attached hydrogens (tertiary/aromatic N) is 3. The molecule has 0 aliphatic heterocycles. The summed E-state index contributed by atoms with van der Waals surface area (Å²) in [6, 6.07) is 16.7. The van der Waals surface area contributed by atoms with Gasteiger partial charge in [-0.2, -0.15) is 15.0 Å². The van der Waals surface area contributed by atoms with Crippen LogP contribution in [0.3, 0.4) is 0 Å². The Morgan fingerprint density at radius 2 is 1.26 bits per heavy atom. The smallest absolute Gasteiger partial charge is 0.321 e. The number of aryl methyl sites for hydroxylation is 1. The monoisotopic (exact) mass is 536 g/mol. The fourth-order valence-electron chi connectivity index (χ4n) is 3.89. The number of nitrogens with two attached hydrogens (primary N) is 2. The highest BCUT2D eigenvalue weighted by molar-refractivity contribution is 5.64. The summed E-state index contributed by atoms with van der Waals surface area (Å²) in [5.41, 5.74) is 13.5. The summed E-state index contributed by atoms with van der Waals surface area (Å²) in [4.78, 5) is 13.1. The van der Waals surface area contributed by atoms with E-state index < -0.39 is 0 Å². The minimum Gasteiger partial charge on any atom is -0.494 e. The summed E-state index contributed by atoms with van der Waals surface area (Å²) in [5.74, 6) is 2.86. The van der Waals surface area contributed by atoms with E-state index >= 15 is 0 Å². The van der Waals surface area contributed by atoms with Gasteiger partial charge in [0.15, 0.2) is 0 Å². The van der Waals surface area contributed by atoms with Gasteiger partial charge in [-0.25, -0.2) is 0 Å². The molecule has 39 heavy (non-hydrogen) atoms. The van der Waals surface area contributed by atoms with Crippen LogP contribution in [0.4, 0.5) is 5.95 Å². The third-order valence-electron chi connectivity index (χ3n) is 6.04. The molecule has 2 aromatic carbocycles. The molecule has 0 atom stereocenters. The van der Waals surface area contributed by atoms with Crippen LogP contribution in [0.2, 0.25) is 0 Å². The average Bonchev–Trinajstić information content (AvgIpc) is 2.97. The number of rotatable bonds is 20. The molecule has 9 nitrogen and oxygen atoms in total. The quantitative estimate of drug-likeness (QED) is 0.171. The van der Waals surface area contributed by atoms with Crippen molar-refractivity contribution in [2.75, 3.05) is 44.8 Å². The zero-order chi connectivity index (χ0) is 27.5. The summed E-state index contributed by atoms with van der Waals surface area (Å²) in [5, 5.41) is 3.08. The third kappa shape index (κ3) is 11.5. The lowest BCUT2D eigenvalue weighted by Gasteiger charge is -2.10. The van der Waals surface area contributed by atoms with Crippen molar-refractivity contribution < 1.29 is 14.2 Å². The number of nitrogens with one attached hydrogen (secondary N) is 1.